The summed E-state index contributed by atoms with van der Waals surface area (Å²) >= 11 is 0. The third-order valence-electron chi connectivity index (χ3n) is 3.31. The van der Waals surface area contributed by atoms with Gasteiger partial charge in [-0.25, -0.2) is 8.78 Å². The monoisotopic (exact) mass is 269 g/mol. The van der Waals surface area contributed by atoms with E-state index < -0.39 is 35.0 Å². The Bertz CT molecular complexity index is 490. The number of halogens is 2. The molecule has 0 radical (unpaired) electrons. The fraction of sp³-hybridized carbons (Fsp3) is 0.385. The van der Waals surface area contributed by atoms with Gasteiger partial charge >= 0.3 is 5.97 Å². The van der Waals surface area contributed by atoms with E-state index in [4.69, 9.17) is 5.11 Å². The Kier molecular flexibility index (Phi) is 3.78. The summed E-state index contributed by atoms with van der Waals surface area (Å²) in [5.41, 5.74) is -0.573. The highest BCUT2D eigenvalue weighted by Gasteiger charge is 2.29. The predicted molar refractivity (Wildman–Crippen MR) is 62.6 cm³/mol. The fourth-order valence-electron chi connectivity index (χ4n) is 2.19. The van der Waals surface area contributed by atoms with Gasteiger partial charge in [-0.15, -0.1) is 0 Å². The highest BCUT2D eigenvalue weighted by Crippen LogP contribution is 2.21. The van der Waals surface area contributed by atoms with Crippen LogP contribution in [0.3, 0.4) is 0 Å². The molecule has 0 saturated carbocycles. The Morgan fingerprint density at radius 1 is 1.16 bits per heavy atom. The first kappa shape index (κ1) is 13.5. The molecule has 4 nitrogen and oxygen atoms in total. The van der Waals surface area contributed by atoms with E-state index >= 15 is 0 Å². The summed E-state index contributed by atoms with van der Waals surface area (Å²) in [6.45, 7) is 0.396. The summed E-state index contributed by atoms with van der Waals surface area (Å²) in [7, 11) is 0. The zero-order chi connectivity index (χ0) is 14.0. The maximum atomic E-state index is 13.5. The molecule has 1 heterocycles. The van der Waals surface area contributed by atoms with Gasteiger partial charge in [0.2, 0.25) is 0 Å². The number of amides is 1. The van der Waals surface area contributed by atoms with E-state index in [0.29, 0.717) is 12.8 Å². The third-order valence-corrected chi connectivity index (χ3v) is 3.31. The summed E-state index contributed by atoms with van der Waals surface area (Å²) in [4.78, 5) is 24.1. The van der Waals surface area contributed by atoms with Gasteiger partial charge in [0.15, 0.2) is 0 Å². The molecule has 1 aromatic carbocycles. The molecule has 0 aliphatic carbocycles. The van der Waals surface area contributed by atoms with Crippen LogP contribution in [0.1, 0.15) is 23.2 Å². The summed E-state index contributed by atoms with van der Waals surface area (Å²) in [5, 5.41) is 8.84. The molecule has 1 saturated heterocycles. The molecule has 1 aliphatic heterocycles. The zero-order valence-corrected chi connectivity index (χ0v) is 10.1. The molecular formula is C13H13F2NO3. The average Bonchev–Trinajstić information content (AvgIpc) is 2.38. The fourth-order valence-corrected chi connectivity index (χ4v) is 2.19. The topological polar surface area (TPSA) is 57.6 Å². The summed E-state index contributed by atoms with van der Waals surface area (Å²) in [5.74, 6) is -3.91. The highest BCUT2D eigenvalue weighted by atomic mass is 19.1. The standard InChI is InChI=1S/C13H13F2NO3/c14-9-2-1-3-10(15)11(9)12(17)16-6-4-8(5-7-16)13(18)19/h1-3,8H,4-7H2,(H,18,19). The van der Waals surface area contributed by atoms with Crippen LogP contribution in [0.2, 0.25) is 0 Å². The molecule has 0 aromatic heterocycles. The lowest BCUT2D eigenvalue weighted by atomic mass is 9.96. The van der Waals surface area contributed by atoms with Crippen molar-refractivity contribution in [3.05, 3.63) is 35.4 Å². The summed E-state index contributed by atoms with van der Waals surface area (Å²) in [6.07, 6.45) is 0.605. The highest BCUT2D eigenvalue weighted by molar-refractivity contribution is 5.95. The second kappa shape index (κ2) is 5.34. The van der Waals surface area contributed by atoms with Gasteiger partial charge in [0, 0.05) is 13.1 Å². The van der Waals surface area contributed by atoms with Crippen molar-refractivity contribution in [3.8, 4) is 0 Å². The van der Waals surface area contributed by atoms with Crippen LogP contribution in [0.25, 0.3) is 0 Å². The third kappa shape index (κ3) is 2.72. The summed E-state index contributed by atoms with van der Waals surface area (Å²) < 4.78 is 27.0. The van der Waals surface area contributed by atoms with Gasteiger partial charge in [-0.05, 0) is 25.0 Å². The molecule has 6 heteroatoms. The van der Waals surface area contributed by atoms with Crippen LogP contribution in [0.5, 0.6) is 0 Å². The lowest BCUT2D eigenvalue weighted by Crippen LogP contribution is -2.40. The summed E-state index contributed by atoms with van der Waals surface area (Å²) in [6, 6.07) is 3.25. The van der Waals surface area contributed by atoms with Crippen molar-refractivity contribution in [2.45, 2.75) is 12.8 Å². The molecule has 0 atom stereocenters. The minimum Gasteiger partial charge on any atom is -0.481 e. The van der Waals surface area contributed by atoms with Crippen molar-refractivity contribution >= 4 is 11.9 Å². The number of carboxylic acids is 1. The van der Waals surface area contributed by atoms with Crippen LogP contribution in [-0.2, 0) is 4.79 Å². The number of likely N-dealkylation sites (tertiary alicyclic amines) is 1. The zero-order valence-electron chi connectivity index (χ0n) is 10.1. The molecule has 0 bridgehead atoms. The molecule has 102 valence electrons. The van der Waals surface area contributed by atoms with Crippen molar-refractivity contribution in [1.82, 2.24) is 4.90 Å². The average molecular weight is 269 g/mol. The van der Waals surface area contributed by atoms with E-state index in [1.54, 1.807) is 0 Å². The first-order chi connectivity index (χ1) is 9.00. The molecular weight excluding hydrogens is 256 g/mol. The van der Waals surface area contributed by atoms with E-state index in [2.05, 4.69) is 0 Å². The van der Waals surface area contributed by atoms with Crippen LogP contribution in [0, 0.1) is 17.6 Å². The largest absolute Gasteiger partial charge is 0.481 e. The number of carboxylic acid groups (broad SMARTS) is 1. The first-order valence-corrected chi connectivity index (χ1v) is 5.97. The number of piperidine rings is 1. The van der Waals surface area contributed by atoms with Crippen molar-refractivity contribution in [3.63, 3.8) is 0 Å². The Hall–Kier alpha value is -1.98. The molecule has 2 rings (SSSR count). The number of nitrogens with zero attached hydrogens (tertiary/aromatic N) is 1. The van der Waals surface area contributed by atoms with Crippen LogP contribution in [0.15, 0.2) is 18.2 Å². The first-order valence-electron chi connectivity index (χ1n) is 5.97. The van der Waals surface area contributed by atoms with Crippen LogP contribution in [-0.4, -0.2) is 35.0 Å². The van der Waals surface area contributed by atoms with E-state index in [1.165, 1.54) is 11.0 Å². The molecule has 19 heavy (non-hydrogen) atoms. The van der Waals surface area contributed by atoms with Gasteiger partial charge in [-0.1, -0.05) is 6.07 Å². The van der Waals surface area contributed by atoms with Crippen molar-refractivity contribution in [1.29, 1.82) is 0 Å². The Balaban J connectivity index is 2.12. The SMILES string of the molecule is O=C(O)C1CCN(C(=O)c2c(F)cccc2F)CC1. The Labute approximate surface area is 108 Å². The second-order valence-corrected chi connectivity index (χ2v) is 4.50. The Morgan fingerprint density at radius 2 is 1.68 bits per heavy atom. The molecule has 1 aliphatic rings. The number of aliphatic carboxylic acids is 1. The Morgan fingerprint density at radius 3 is 2.16 bits per heavy atom. The van der Waals surface area contributed by atoms with Gasteiger partial charge in [-0.2, -0.15) is 0 Å². The number of carbonyl (C=O) groups is 2. The van der Waals surface area contributed by atoms with Crippen LogP contribution in [0.4, 0.5) is 8.78 Å². The van der Waals surface area contributed by atoms with Crippen molar-refractivity contribution in [2.24, 2.45) is 5.92 Å². The maximum absolute atomic E-state index is 13.5. The van der Waals surface area contributed by atoms with Crippen LogP contribution >= 0.6 is 0 Å². The normalized spacial score (nSPS) is 16.4. The minimum atomic E-state index is -0.899. The van der Waals surface area contributed by atoms with Crippen molar-refractivity contribution in [2.75, 3.05) is 13.1 Å². The van der Waals surface area contributed by atoms with E-state index in [9.17, 15) is 18.4 Å². The number of carbonyl (C=O) groups excluding carboxylic acids is 1. The molecule has 1 amide bonds. The quantitative estimate of drug-likeness (QED) is 0.892. The number of hydrogen-bond donors (Lipinski definition) is 1. The second-order valence-electron chi connectivity index (χ2n) is 4.50. The van der Waals surface area contributed by atoms with Crippen molar-refractivity contribution < 1.29 is 23.5 Å². The number of benzene rings is 1. The maximum Gasteiger partial charge on any atom is 0.306 e. The van der Waals surface area contributed by atoms with Gasteiger partial charge in [0.25, 0.3) is 5.91 Å². The van der Waals surface area contributed by atoms with E-state index in [-0.39, 0.29) is 13.1 Å². The van der Waals surface area contributed by atoms with Crippen LogP contribution < -0.4 is 0 Å². The lowest BCUT2D eigenvalue weighted by Gasteiger charge is -2.30. The number of rotatable bonds is 2. The van der Waals surface area contributed by atoms with Gasteiger partial charge in [0.05, 0.1) is 5.92 Å². The molecule has 0 unspecified atom stereocenters. The van der Waals surface area contributed by atoms with Gasteiger partial charge in [-0.3, -0.25) is 9.59 Å². The van der Waals surface area contributed by atoms with E-state index in [0.717, 1.165) is 12.1 Å². The molecule has 0 spiro atoms. The van der Waals surface area contributed by atoms with Gasteiger partial charge < -0.3 is 10.0 Å². The molecule has 1 fully saturated rings. The minimum absolute atomic E-state index is 0.198. The number of hydrogen-bond acceptors (Lipinski definition) is 2. The predicted octanol–water partition coefficient (Wildman–Crippen LogP) is 1.90. The molecule has 1 aromatic rings. The lowest BCUT2D eigenvalue weighted by molar-refractivity contribution is -0.143. The van der Waals surface area contributed by atoms with Gasteiger partial charge in [0.1, 0.15) is 17.2 Å². The smallest absolute Gasteiger partial charge is 0.306 e. The van der Waals surface area contributed by atoms with E-state index in [1.807, 2.05) is 0 Å². The molecule has 1 N–H and O–H groups in total.